The Kier molecular flexibility index (Phi) is 6.69. The molecule has 6 heteroatoms. The van der Waals surface area contributed by atoms with Crippen molar-refractivity contribution in [3.8, 4) is 6.07 Å². The van der Waals surface area contributed by atoms with E-state index in [9.17, 15) is 10.1 Å². The van der Waals surface area contributed by atoms with E-state index in [4.69, 9.17) is 23.2 Å². The summed E-state index contributed by atoms with van der Waals surface area (Å²) in [5.41, 5.74) is 4.13. The monoisotopic (exact) mass is 463 g/mol. The number of aryl methyl sites for hydroxylation is 1. The van der Waals surface area contributed by atoms with Gasteiger partial charge in [0, 0.05) is 41.9 Å². The van der Waals surface area contributed by atoms with Gasteiger partial charge in [-0.05, 0) is 55.3 Å². The number of nitrogens with zero attached hydrogens (tertiary/aromatic N) is 3. The van der Waals surface area contributed by atoms with E-state index >= 15 is 0 Å². The van der Waals surface area contributed by atoms with E-state index in [1.165, 1.54) is 0 Å². The van der Waals surface area contributed by atoms with E-state index in [1.54, 1.807) is 6.07 Å². The van der Waals surface area contributed by atoms with Crippen molar-refractivity contribution in [1.29, 1.82) is 5.26 Å². The minimum absolute atomic E-state index is 0.0479. The third-order valence-corrected chi connectivity index (χ3v) is 6.54. The highest BCUT2D eigenvalue weighted by Gasteiger charge is 2.31. The Bertz CT molecular complexity index is 1190. The second kappa shape index (κ2) is 9.65. The lowest BCUT2D eigenvalue weighted by molar-refractivity contribution is 0.0790. The molecule has 0 N–H and O–H groups in total. The molecule has 0 spiro atoms. The first-order valence-electron chi connectivity index (χ1n) is 10.5. The van der Waals surface area contributed by atoms with Gasteiger partial charge in [-0.25, -0.2) is 0 Å². The number of amides is 1. The third-order valence-electron chi connectivity index (χ3n) is 5.86. The topological polar surface area (TPSA) is 47.3 Å². The molecule has 0 aliphatic carbocycles. The molecule has 162 valence electrons. The fourth-order valence-electron chi connectivity index (χ4n) is 4.16. The molecule has 4 rings (SSSR count). The number of likely N-dealkylation sites (tertiary alicyclic amines) is 1. The maximum atomic E-state index is 13.1. The van der Waals surface area contributed by atoms with Crippen molar-refractivity contribution in [2.24, 2.45) is 0 Å². The summed E-state index contributed by atoms with van der Waals surface area (Å²) in [4.78, 5) is 17.2. The van der Waals surface area contributed by atoms with Crippen LogP contribution in [0.1, 0.15) is 33.5 Å². The number of anilines is 1. The number of halogens is 2. The summed E-state index contributed by atoms with van der Waals surface area (Å²) in [6, 6.07) is 23.1. The van der Waals surface area contributed by atoms with Gasteiger partial charge in [-0.15, -0.1) is 0 Å². The van der Waals surface area contributed by atoms with Gasteiger partial charge in [-0.1, -0.05) is 59.1 Å². The molecule has 1 heterocycles. The van der Waals surface area contributed by atoms with Crippen LogP contribution in [0.15, 0.2) is 66.7 Å². The predicted octanol–water partition coefficient (Wildman–Crippen LogP) is 6.09. The zero-order chi connectivity index (χ0) is 22.7. The van der Waals surface area contributed by atoms with Crippen LogP contribution in [-0.2, 0) is 6.54 Å². The summed E-state index contributed by atoms with van der Waals surface area (Å²) in [6.07, 6.45) is 0.833. The zero-order valence-electron chi connectivity index (χ0n) is 17.8. The maximum Gasteiger partial charge on any atom is 0.253 e. The molecule has 3 aromatic carbocycles. The second-order valence-electron chi connectivity index (χ2n) is 8.06. The Hall–Kier alpha value is -3.00. The molecule has 0 saturated carbocycles. The van der Waals surface area contributed by atoms with Gasteiger partial charge < -0.3 is 9.80 Å². The molecule has 1 aliphatic heterocycles. The van der Waals surface area contributed by atoms with Crippen molar-refractivity contribution >= 4 is 34.8 Å². The van der Waals surface area contributed by atoms with Gasteiger partial charge in [0.15, 0.2) is 0 Å². The highest BCUT2D eigenvalue weighted by molar-refractivity contribution is 6.32. The molecule has 1 amide bonds. The van der Waals surface area contributed by atoms with Crippen molar-refractivity contribution in [1.82, 2.24) is 4.90 Å². The Morgan fingerprint density at radius 1 is 1.09 bits per heavy atom. The molecular weight excluding hydrogens is 441 g/mol. The third kappa shape index (κ3) is 4.75. The van der Waals surface area contributed by atoms with Crippen molar-refractivity contribution in [2.45, 2.75) is 25.9 Å². The van der Waals surface area contributed by atoms with Crippen molar-refractivity contribution < 1.29 is 4.79 Å². The van der Waals surface area contributed by atoms with Crippen LogP contribution in [0, 0.1) is 18.3 Å². The zero-order valence-corrected chi connectivity index (χ0v) is 19.3. The fourth-order valence-corrected chi connectivity index (χ4v) is 4.57. The Balaban J connectivity index is 1.61. The van der Waals surface area contributed by atoms with Crippen LogP contribution >= 0.6 is 23.2 Å². The maximum absolute atomic E-state index is 13.1. The van der Waals surface area contributed by atoms with Crippen molar-refractivity contribution in [3.05, 3.63) is 99.0 Å². The van der Waals surface area contributed by atoms with E-state index in [0.717, 1.165) is 23.2 Å². The average Bonchev–Trinajstić information content (AvgIpc) is 3.28. The lowest BCUT2D eigenvalue weighted by Gasteiger charge is -2.32. The van der Waals surface area contributed by atoms with Gasteiger partial charge in [-0.3, -0.25) is 4.79 Å². The molecule has 1 aliphatic rings. The average molecular weight is 464 g/mol. The number of carbonyl (C=O) groups is 1. The molecule has 0 radical (unpaired) electrons. The number of hydrogen-bond donors (Lipinski definition) is 0. The van der Waals surface area contributed by atoms with Gasteiger partial charge in [0.25, 0.3) is 5.91 Å². The van der Waals surface area contributed by atoms with Crippen molar-refractivity contribution in [2.75, 3.05) is 18.0 Å². The Morgan fingerprint density at radius 2 is 1.91 bits per heavy atom. The van der Waals surface area contributed by atoms with Gasteiger partial charge in [-0.2, -0.15) is 5.26 Å². The lowest BCUT2D eigenvalue weighted by Crippen LogP contribution is -2.38. The standard InChI is InChI=1S/C26H23Cl2N3O/c1-18-5-4-7-19(13-18)26(32)30-12-11-23(17-30)31(16-21-6-2-3-8-24(21)27)22-10-9-20(15-29)25(28)14-22/h2-10,13-14,23H,11-12,16-17H2,1H3/t23-/m0/s1. The summed E-state index contributed by atoms with van der Waals surface area (Å²) in [7, 11) is 0. The highest BCUT2D eigenvalue weighted by Crippen LogP contribution is 2.31. The molecule has 3 aromatic rings. The molecule has 1 saturated heterocycles. The number of carbonyl (C=O) groups excluding carboxylic acids is 1. The molecule has 0 bridgehead atoms. The Morgan fingerprint density at radius 3 is 2.62 bits per heavy atom. The van der Waals surface area contributed by atoms with Crippen LogP contribution in [0.2, 0.25) is 10.0 Å². The summed E-state index contributed by atoms with van der Waals surface area (Å²) in [5.74, 6) is 0.0479. The SMILES string of the molecule is Cc1cccc(C(=O)N2CC[C@H](N(Cc3ccccc3Cl)c3ccc(C#N)c(Cl)c3)C2)c1. The van der Waals surface area contributed by atoms with Gasteiger partial charge >= 0.3 is 0 Å². The van der Waals surface area contributed by atoms with Gasteiger partial charge in [0.2, 0.25) is 0 Å². The van der Waals surface area contributed by atoms with Crippen LogP contribution in [0.5, 0.6) is 0 Å². The van der Waals surface area contributed by atoms with Crippen molar-refractivity contribution in [3.63, 3.8) is 0 Å². The molecule has 32 heavy (non-hydrogen) atoms. The number of nitriles is 1. The first kappa shape index (κ1) is 22.2. The summed E-state index contributed by atoms with van der Waals surface area (Å²) in [6.45, 7) is 3.86. The molecule has 4 nitrogen and oxygen atoms in total. The van der Waals surface area contributed by atoms with Crippen LogP contribution in [-0.4, -0.2) is 29.9 Å². The molecule has 1 atom stereocenters. The molecular formula is C26H23Cl2N3O. The highest BCUT2D eigenvalue weighted by atomic mass is 35.5. The number of benzene rings is 3. The smallest absolute Gasteiger partial charge is 0.253 e. The van der Waals surface area contributed by atoms with E-state index < -0.39 is 0 Å². The quantitative estimate of drug-likeness (QED) is 0.459. The molecule has 0 unspecified atom stereocenters. The Labute approximate surface area is 198 Å². The molecule has 1 fully saturated rings. The van der Waals surface area contributed by atoms with Gasteiger partial charge in [0.05, 0.1) is 10.6 Å². The number of rotatable bonds is 5. The normalized spacial score (nSPS) is 15.4. The fraction of sp³-hybridized carbons (Fsp3) is 0.231. The van der Waals surface area contributed by atoms with Crippen LogP contribution in [0.4, 0.5) is 5.69 Å². The minimum atomic E-state index is 0.0479. The van der Waals surface area contributed by atoms with E-state index in [2.05, 4.69) is 11.0 Å². The summed E-state index contributed by atoms with van der Waals surface area (Å²) in [5, 5.41) is 10.4. The molecule has 0 aromatic heterocycles. The predicted molar refractivity (Wildman–Crippen MR) is 129 cm³/mol. The lowest BCUT2D eigenvalue weighted by atomic mass is 10.1. The minimum Gasteiger partial charge on any atom is -0.362 e. The summed E-state index contributed by atoms with van der Waals surface area (Å²) < 4.78 is 0. The largest absolute Gasteiger partial charge is 0.362 e. The van der Waals surface area contributed by atoms with E-state index in [0.29, 0.717) is 40.8 Å². The van der Waals surface area contributed by atoms with Crippen LogP contribution in [0.25, 0.3) is 0 Å². The van der Waals surface area contributed by atoms with Crippen LogP contribution in [0.3, 0.4) is 0 Å². The summed E-state index contributed by atoms with van der Waals surface area (Å²) >= 11 is 12.8. The number of hydrogen-bond acceptors (Lipinski definition) is 3. The second-order valence-corrected chi connectivity index (χ2v) is 8.87. The first-order chi connectivity index (χ1) is 15.5. The van der Waals surface area contributed by atoms with E-state index in [-0.39, 0.29) is 11.9 Å². The van der Waals surface area contributed by atoms with Crippen LogP contribution < -0.4 is 4.90 Å². The first-order valence-corrected chi connectivity index (χ1v) is 11.3. The van der Waals surface area contributed by atoms with Gasteiger partial charge in [0.1, 0.15) is 6.07 Å². The van der Waals surface area contributed by atoms with E-state index in [1.807, 2.05) is 72.5 Å².